The molecule has 0 N–H and O–H groups in total. The fourth-order valence-electron chi connectivity index (χ4n) is 3.11. The second kappa shape index (κ2) is 8.65. The molecule has 1 aliphatic rings. The third-order valence-electron chi connectivity index (χ3n) is 4.67. The highest BCUT2D eigenvalue weighted by Crippen LogP contribution is 2.36. The van der Waals surface area contributed by atoms with E-state index in [1.165, 1.54) is 6.07 Å². The molecule has 31 heavy (non-hydrogen) atoms. The van der Waals surface area contributed by atoms with Crippen LogP contribution in [0.25, 0.3) is 6.08 Å². The Hall–Kier alpha value is -3.58. The van der Waals surface area contributed by atoms with E-state index in [0.29, 0.717) is 38.4 Å². The number of allylic oxidation sites excluding steroid dienone is 1. The number of methoxy groups -OCH3 is 2. The quantitative estimate of drug-likeness (QED) is 0.280. The zero-order chi connectivity index (χ0) is 22.0. The normalized spacial score (nSPS) is 13.5. The number of esters is 1. The maximum Gasteiger partial charge on any atom is 0.344 e. The molecule has 7 heteroatoms. The first kappa shape index (κ1) is 20.7. The van der Waals surface area contributed by atoms with Crippen LogP contribution in [0.2, 0.25) is 0 Å². The van der Waals surface area contributed by atoms with Crippen LogP contribution in [0.5, 0.6) is 23.0 Å². The first-order chi connectivity index (χ1) is 15.0. The van der Waals surface area contributed by atoms with Crippen molar-refractivity contribution in [2.45, 2.75) is 0 Å². The van der Waals surface area contributed by atoms with E-state index in [-0.39, 0.29) is 17.3 Å². The molecule has 0 saturated carbocycles. The molecule has 1 heterocycles. The highest BCUT2D eigenvalue weighted by atomic mass is 79.9. The Morgan fingerprint density at radius 2 is 1.74 bits per heavy atom. The van der Waals surface area contributed by atoms with Crippen LogP contribution in [-0.4, -0.2) is 26.0 Å². The summed E-state index contributed by atoms with van der Waals surface area (Å²) in [4.78, 5) is 25.2. The maximum atomic E-state index is 12.8. The standard InChI is InChI=1S/C24H17BrO6/c1-28-15-8-10-20(29-2)14(11-15)12-22-23(26)18-9-7-16(13-21(18)31-22)30-24(27)17-5-3-4-6-19(17)25/h3-13H,1-2H3. The second-order valence-corrected chi connectivity index (χ2v) is 7.43. The molecular weight excluding hydrogens is 464 g/mol. The van der Waals surface area contributed by atoms with Crippen LogP contribution in [0.4, 0.5) is 0 Å². The molecule has 0 aromatic heterocycles. The van der Waals surface area contributed by atoms with Gasteiger partial charge in [-0.05, 0) is 64.5 Å². The molecule has 0 radical (unpaired) electrons. The Kier molecular flexibility index (Phi) is 5.77. The van der Waals surface area contributed by atoms with Crippen molar-refractivity contribution in [3.05, 3.63) is 87.6 Å². The van der Waals surface area contributed by atoms with Crippen LogP contribution in [0, 0.1) is 0 Å². The van der Waals surface area contributed by atoms with E-state index in [2.05, 4.69) is 15.9 Å². The third kappa shape index (κ3) is 4.18. The van der Waals surface area contributed by atoms with E-state index in [0.717, 1.165) is 0 Å². The number of halogens is 1. The zero-order valence-electron chi connectivity index (χ0n) is 16.7. The molecular formula is C24H17BrO6. The number of benzene rings is 3. The average Bonchev–Trinajstić information content (AvgIpc) is 3.08. The average molecular weight is 481 g/mol. The summed E-state index contributed by atoms with van der Waals surface area (Å²) >= 11 is 3.33. The fraction of sp³-hybridized carbons (Fsp3) is 0.0833. The molecule has 0 aliphatic carbocycles. The smallest absolute Gasteiger partial charge is 0.344 e. The summed E-state index contributed by atoms with van der Waals surface area (Å²) in [6, 6.07) is 16.9. The van der Waals surface area contributed by atoms with Gasteiger partial charge in [0, 0.05) is 16.1 Å². The predicted octanol–water partition coefficient (Wildman–Crippen LogP) is 5.30. The number of fused-ring (bicyclic) bond motifs is 1. The van der Waals surface area contributed by atoms with Crippen molar-refractivity contribution in [1.82, 2.24) is 0 Å². The second-order valence-electron chi connectivity index (χ2n) is 6.57. The number of carbonyl (C=O) groups excluding carboxylic acids is 2. The monoisotopic (exact) mass is 480 g/mol. The van der Waals surface area contributed by atoms with Gasteiger partial charge in [-0.25, -0.2) is 4.79 Å². The molecule has 0 unspecified atom stereocenters. The van der Waals surface area contributed by atoms with E-state index in [4.69, 9.17) is 18.9 Å². The van der Waals surface area contributed by atoms with Gasteiger partial charge in [0.25, 0.3) is 0 Å². The SMILES string of the molecule is COc1ccc(OC)c(C=C2Oc3cc(OC(=O)c4ccccc4Br)ccc3C2=O)c1. The molecule has 3 aromatic rings. The minimum Gasteiger partial charge on any atom is -0.497 e. The zero-order valence-corrected chi connectivity index (χ0v) is 18.3. The molecule has 0 saturated heterocycles. The topological polar surface area (TPSA) is 71.1 Å². The van der Waals surface area contributed by atoms with Gasteiger partial charge in [-0.15, -0.1) is 0 Å². The van der Waals surface area contributed by atoms with Gasteiger partial charge in [0.05, 0.1) is 25.3 Å². The molecule has 0 fully saturated rings. The van der Waals surface area contributed by atoms with Crippen molar-refractivity contribution in [2.24, 2.45) is 0 Å². The molecule has 156 valence electrons. The summed E-state index contributed by atoms with van der Waals surface area (Å²) in [6.45, 7) is 0. The summed E-state index contributed by atoms with van der Waals surface area (Å²) in [5.41, 5.74) is 1.41. The number of ketones is 1. The summed E-state index contributed by atoms with van der Waals surface area (Å²) in [5.74, 6) is 1.12. The summed E-state index contributed by atoms with van der Waals surface area (Å²) < 4.78 is 22.4. The molecule has 4 rings (SSSR count). The molecule has 0 spiro atoms. The lowest BCUT2D eigenvalue weighted by molar-refractivity contribution is 0.0733. The lowest BCUT2D eigenvalue weighted by atomic mass is 10.1. The van der Waals surface area contributed by atoms with Crippen molar-refractivity contribution < 1.29 is 28.5 Å². The van der Waals surface area contributed by atoms with Gasteiger partial charge < -0.3 is 18.9 Å². The number of hydrogen-bond donors (Lipinski definition) is 0. The highest BCUT2D eigenvalue weighted by Gasteiger charge is 2.28. The predicted molar refractivity (Wildman–Crippen MR) is 118 cm³/mol. The van der Waals surface area contributed by atoms with Gasteiger partial charge >= 0.3 is 5.97 Å². The van der Waals surface area contributed by atoms with Crippen LogP contribution in [-0.2, 0) is 0 Å². The van der Waals surface area contributed by atoms with Gasteiger partial charge in [-0.1, -0.05) is 12.1 Å². The van der Waals surface area contributed by atoms with Gasteiger partial charge in [0.15, 0.2) is 5.76 Å². The minimum atomic E-state index is -0.520. The van der Waals surface area contributed by atoms with Crippen LogP contribution in [0.15, 0.2) is 70.9 Å². The van der Waals surface area contributed by atoms with E-state index >= 15 is 0 Å². The highest BCUT2D eigenvalue weighted by molar-refractivity contribution is 9.10. The number of carbonyl (C=O) groups is 2. The van der Waals surface area contributed by atoms with E-state index in [9.17, 15) is 9.59 Å². The lowest BCUT2D eigenvalue weighted by Gasteiger charge is -2.08. The third-order valence-corrected chi connectivity index (χ3v) is 5.36. The molecule has 0 atom stereocenters. The summed E-state index contributed by atoms with van der Waals surface area (Å²) in [7, 11) is 3.10. The van der Waals surface area contributed by atoms with Gasteiger partial charge in [0.2, 0.25) is 5.78 Å². The molecule has 3 aromatic carbocycles. The van der Waals surface area contributed by atoms with E-state index in [1.54, 1.807) is 74.9 Å². The van der Waals surface area contributed by atoms with Crippen molar-refractivity contribution in [3.8, 4) is 23.0 Å². The Morgan fingerprint density at radius 3 is 2.48 bits per heavy atom. The first-order valence-electron chi connectivity index (χ1n) is 9.27. The lowest BCUT2D eigenvalue weighted by Crippen LogP contribution is -2.09. The van der Waals surface area contributed by atoms with Crippen molar-refractivity contribution in [1.29, 1.82) is 0 Å². The molecule has 1 aliphatic heterocycles. The Morgan fingerprint density at radius 1 is 0.968 bits per heavy atom. The Labute approximate surface area is 187 Å². The number of rotatable bonds is 5. The summed E-state index contributed by atoms with van der Waals surface area (Å²) in [6.07, 6.45) is 1.59. The van der Waals surface area contributed by atoms with E-state index < -0.39 is 5.97 Å². The van der Waals surface area contributed by atoms with Gasteiger partial charge in [-0.2, -0.15) is 0 Å². The minimum absolute atomic E-state index is 0.135. The maximum absolute atomic E-state index is 12.8. The Balaban J connectivity index is 1.60. The van der Waals surface area contributed by atoms with Gasteiger partial charge in [-0.3, -0.25) is 4.79 Å². The first-order valence-corrected chi connectivity index (χ1v) is 10.1. The Bertz CT molecular complexity index is 1210. The van der Waals surface area contributed by atoms with Crippen LogP contribution >= 0.6 is 15.9 Å². The fourth-order valence-corrected chi connectivity index (χ4v) is 3.56. The van der Waals surface area contributed by atoms with Gasteiger partial charge in [0.1, 0.15) is 23.0 Å². The van der Waals surface area contributed by atoms with Crippen LogP contribution in [0.3, 0.4) is 0 Å². The molecule has 0 amide bonds. The number of hydrogen-bond acceptors (Lipinski definition) is 6. The van der Waals surface area contributed by atoms with Crippen LogP contribution < -0.4 is 18.9 Å². The van der Waals surface area contributed by atoms with Crippen molar-refractivity contribution in [2.75, 3.05) is 14.2 Å². The van der Waals surface area contributed by atoms with Crippen molar-refractivity contribution >= 4 is 33.8 Å². The van der Waals surface area contributed by atoms with Crippen molar-refractivity contribution in [3.63, 3.8) is 0 Å². The number of ether oxygens (including phenoxy) is 4. The summed E-state index contributed by atoms with van der Waals surface area (Å²) in [5, 5.41) is 0. The van der Waals surface area contributed by atoms with E-state index in [1.807, 2.05) is 0 Å². The number of Topliss-reactive ketones (excluding diaryl/α,β-unsaturated/α-hetero) is 1. The molecule has 0 bridgehead atoms. The molecule has 6 nitrogen and oxygen atoms in total. The largest absolute Gasteiger partial charge is 0.497 e. The van der Waals surface area contributed by atoms with Crippen LogP contribution in [0.1, 0.15) is 26.3 Å².